The third kappa shape index (κ3) is 4.37. The third-order valence-corrected chi connectivity index (χ3v) is 2.80. The largest absolute Gasteiger partial charge is 0.418 e. The van der Waals surface area contributed by atoms with E-state index in [1.54, 1.807) is 10.8 Å². The van der Waals surface area contributed by atoms with Crippen LogP contribution in [0.25, 0.3) is 0 Å². The van der Waals surface area contributed by atoms with Crippen LogP contribution in [0.2, 0.25) is 0 Å². The van der Waals surface area contributed by atoms with Gasteiger partial charge in [0.2, 0.25) is 0 Å². The molecule has 0 aliphatic heterocycles. The quantitative estimate of drug-likeness (QED) is 0.859. The Hall–Kier alpha value is -0.970. The molecule has 0 bridgehead atoms. The molecular formula is C13H20F3NO. The highest BCUT2D eigenvalue weighted by Crippen LogP contribution is 2.32. The van der Waals surface area contributed by atoms with Crippen molar-refractivity contribution in [1.29, 1.82) is 0 Å². The summed E-state index contributed by atoms with van der Waals surface area (Å²) in [7, 11) is 0. The van der Waals surface area contributed by atoms with Gasteiger partial charge in [-0.3, -0.25) is 0 Å². The number of aromatic nitrogens is 1. The van der Waals surface area contributed by atoms with Gasteiger partial charge >= 0.3 is 6.18 Å². The maximum absolute atomic E-state index is 12.3. The van der Waals surface area contributed by atoms with E-state index >= 15 is 0 Å². The number of alkyl halides is 3. The van der Waals surface area contributed by atoms with Gasteiger partial charge in [-0.2, -0.15) is 13.2 Å². The molecule has 0 radical (unpaired) electrons. The van der Waals surface area contributed by atoms with Gasteiger partial charge in [0.25, 0.3) is 0 Å². The fraction of sp³-hybridized carbons (Fsp3) is 0.692. The standard InChI is InChI=1S/C13H20F3NO/c1-9(2)6-10(3)7-17-5-4-11(8-17)12(18)13(14,15)16/h4-5,8-10,12,18H,6-7H2,1-3H3. The molecule has 0 saturated carbocycles. The number of aliphatic hydroxyl groups excluding tert-OH is 1. The lowest BCUT2D eigenvalue weighted by atomic mass is 9.99. The predicted octanol–water partition coefficient (Wildman–Crippen LogP) is 3.77. The maximum atomic E-state index is 12.3. The van der Waals surface area contributed by atoms with E-state index in [1.165, 1.54) is 12.3 Å². The average Bonchev–Trinajstić information content (AvgIpc) is 2.61. The summed E-state index contributed by atoms with van der Waals surface area (Å²) in [5.74, 6) is 0.962. The van der Waals surface area contributed by atoms with Gasteiger partial charge in [0.1, 0.15) is 0 Å². The minimum Gasteiger partial charge on any atom is -0.379 e. The molecule has 1 N–H and O–H groups in total. The highest BCUT2D eigenvalue weighted by atomic mass is 19.4. The van der Waals surface area contributed by atoms with Gasteiger partial charge in [-0.15, -0.1) is 0 Å². The van der Waals surface area contributed by atoms with Gasteiger partial charge in [0.15, 0.2) is 6.10 Å². The molecule has 0 aliphatic carbocycles. The van der Waals surface area contributed by atoms with Crippen molar-refractivity contribution in [3.8, 4) is 0 Å². The summed E-state index contributed by atoms with van der Waals surface area (Å²) < 4.78 is 38.7. The minimum absolute atomic E-state index is 0.0979. The molecule has 2 nitrogen and oxygen atoms in total. The molecule has 0 aliphatic rings. The number of hydrogen-bond acceptors (Lipinski definition) is 1. The minimum atomic E-state index is -4.60. The van der Waals surface area contributed by atoms with Gasteiger partial charge in [0, 0.05) is 24.5 Å². The van der Waals surface area contributed by atoms with Crippen LogP contribution in [0, 0.1) is 11.8 Å². The third-order valence-electron chi connectivity index (χ3n) is 2.80. The highest BCUT2D eigenvalue weighted by Gasteiger charge is 2.39. The van der Waals surface area contributed by atoms with Crippen LogP contribution in [-0.4, -0.2) is 15.8 Å². The van der Waals surface area contributed by atoms with Crippen LogP contribution in [-0.2, 0) is 6.54 Å². The first kappa shape index (κ1) is 15.1. The van der Waals surface area contributed by atoms with Crippen molar-refractivity contribution in [2.24, 2.45) is 11.8 Å². The Balaban J connectivity index is 2.64. The molecule has 1 rings (SSSR count). The van der Waals surface area contributed by atoms with E-state index in [9.17, 15) is 13.2 Å². The molecule has 1 aromatic heterocycles. The van der Waals surface area contributed by atoms with E-state index in [2.05, 4.69) is 20.8 Å². The number of aliphatic hydroxyl groups is 1. The van der Waals surface area contributed by atoms with Gasteiger partial charge in [0.05, 0.1) is 0 Å². The van der Waals surface area contributed by atoms with E-state index in [1.807, 2.05) is 0 Å². The summed E-state index contributed by atoms with van der Waals surface area (Å²) in [6, 6.07) is 1.32. The van der Waals surface area contributed by atoms with Crippen molar-refractivity contribution < 1.29 is 18.3 Å². The second-order valence-corrected chi connectivity index (χ2v) is 5.32. The second-order valence-electron chi connectivity index (χ2n) is 5.32. The summed E-state index contributed by atoms with van der Waals surface area (Å²) in [6.07, 6.45) is -3.01. The molecule has 1 aromatic rings. The van der Waals surface area contributed by atoms with Crippen molar-refractivity contribution in [3.63, 3.8) is 0 Å². The first-order valence-electron chi connectivity index (χ1n) is 6.10. The Morgan fingerprint density at radius 3 is 2.39 bits per heavy atom. The van der Waals surface area contributed by atoms with Gasteiger partial charge < -0.3 is 9.67 Å². The fourth-order valence-electron chi connectivity index (χ4n) is 2.16. The highest BCUT2D eigenvalue weighted by molar-refractivity contribution is 5.15. The number of halogens is 3. The molecule has 18 heavy (non-hydrogen) atoms. The molecule has 0 aromatic carbocycles. The normalized spacial score (nSPS) is 16.0. The summed E-state index contributed by atoms with van der Waals surface area (Å²) in [6.45, 7) is 6.97. The molecule has 0 saturated heterocycles. The molecule has 0 amide bonds. The zero-order valence-corrected chi connectivity index (χ0v) is 10.9. The van der Waals surface area contributed by atoms with Crippen molar-refractivity contribution >= 4 is 0 Å². The molecule has 0 fully saturated rings. The number of nitrogens with zero attached hydrogens (tertiary/aromatic N) is 1. The lowest BCUT2D eigenvalue weighted by molar-refractivity contribution is -0.206. The van der Waals surface area contributed by atoms with E-state index in [0.29, 0.717) is 18.4 Å². The summed E-state index contributed by atoms with van der Waals surface area (Å²) in [5, 5.41) is 9.11. The van der Waals surface area contributed by atoms with Crippen LogP contribution in [0.3, 0.4) is 0 Å². The monoisotopic (exact) mass is 263 g/mol. The topological polar surface area (TPSA) is 25.2 Å². The Morgan fingerprint density at radius 2 is 1.89 bits per heavy atom. The molecular weight excluding hydrogens is 243 g/mol. The van der Waals surface area contributed by atoms with E-state index in [-0.39, 0.29) is 5.56 Å². The predicted molar refractivity (Wildman–Crippen MR) is 64.1 cm³/mol. The van der Waals surface area contributed by atoms with Crippen molar-refractivity contribution in [2.75, 3.05) is 0 Å². The zero-order valence-electron chi connectivity index (χ0n) is 10.9. The van der Waals surface area contributed by atoms with Crippen LogP contribution in [0.5, 0.6) is 0 Å². The van der Waals surface area contributed by atoms with Crippen LogP contribution in [0.15, 0.2) is 18.5 Å². The second kappa shape index (κ2) is 5.78. The first-order valence-corrected chi connectivity index (χ1v) is 6.10. The smallest absolute Gasteiger partial charge is 0.379 e. The number of rotatable bonds is 5. The maximum Gasteiger partial charge on any atom is 0.418 e. The zero-order chi connectivity index (χ0) is 13.9. The molecule has 1 heterocycles. The van der Waals surface area contributed by atoms with E-state index in [4.69, 9.17) is 5.11 Å². The van der Waals surface area contributed by atoms with Gasteiger partial charge in [-0.05, 0) is 24.3 Å². The summed E-state index contributed by atoms with van der Waals surface area (Å²) >= 11 is 0. The molecule has 104 valence electrons. The Morgan fingerprint density at radius 1 is 1.28 bits per heavy atom. The van der Waals surface area contributed by atoms with Crippen LogP contribution in [0.4, 0.5) is 13.2 Å². The van der Waals surface area contributed by atoms with Gasteiger partial charge in [-0.25, -0.2) is 0 Å². The summed E-state index contributed by atoms with van der Waals surface area (Å²) in [5.41, 5.74) is -0.0979. The number of hydrogen-bond donors (Lipinski definition) is 1. The summed E-state index contributed by atoms with van der Waals surface area (Å²) in [4.78, 5) is 0. The fourth-order valence-corrected chi connectivity index (χ4v) is 2.16. The van der Waals surface area contributed by atoms with Crippen molar-refractivity contribution in [1.82, 2.24) is 4.57 Å². The Bertz CT molecular complexity index is 371. The molecule has 2 unspecified atom stereocenters. The van der Waals surface area contributed by atoms with Crippen molar-refractivity contribution in [2.45, 2.75) is 46.0 Å². The molecule has 5 heteroatoms. The lowest BCUT2D eigenvalue weighted by Crippen LogP contribution is -2.19. The first-order chi connectivity index (χ1) is 8.20. The van der Waals surface area contributed by atoms with Crippen LogP contribution >= 0.6 is 0 Å². The van der Waals surface area contributed by atoms with Crippen LogP contribution < -0.4 is 0 Å². The van der Waals surface area contributed by atoms with Crippen LogP contribution in [0.1, 0.15) is 38.9 Å². The van der Waals surface area contributed by atoms with Crippen molar-refractivity contribution in [3.05, 3.63) is 24.0 Å². The molecule has 0 spiro atoms. The van der Waals surface area contributed by atoms with E-state index in [0.717, 1.165) is 6.42 Å². The Kier molecular flexibility index (Phi) is 4.85. The lowest BCUT2D eigenvalue weighted by Gasteiger charge is -2.15. The van der Waals surface area contributed by atoms with Gasteiger partial charge in [-0.1, -0.05) is 20.8 Å². The Labute approximate surface area is 105 Å². The molecule has 2 atom stereocenters. The van der Waals surface area contributed by atoms with E-state index < -0.39 is 12.3 Å². The average molecular weight is 263 g/mol. The SMILES string of the molecule is CC(C)CC(C)Cn1ccc(C(O)C(F)(F)F)c1.